The van der Waals surface area contributed by atoms with E-state index in [1.54, 1.807) is 0 Å². The first kappa shape index (κ1) is 14.1. The number of hydrogen-bond acceptors (Lipinski definition) is 2. The Hall–Kier alpha value is -2.27. The molecule has 1 unspecified atom stereocenters. The van der Waals surface area contributed by atoms with Crippen LogP contribution in [0.25, 0.3) is 0 Å². The lowest BCUT2D eigenvalue weighted by atomic mass is 10.0. The summed E-state index contributed by atoms with van der Waals surface area (Å²) in [6.07, 6.45) is 0. The van der Waals surface area contributed by atoms with Gasteiger partial charge in [-0.3, -0.25) is 0 Å². The van der Waals surface area contributed by atoms with Crippen LogP contribution >= 0.6 is 0 Å². The van der Waals surface area contributed by atoms with Crippen LogP contribution in [-0.4, -0.2) is 0 Å². The van der Waals surface area contributed by atoms with Crippen molar-refractivity contribution in [3.63, 3.8) is 0 Å². The number of rotatable bonds is 4. The summed E-state index contributed by atoms with van der Waals surface area (Å²) in [5, 5.41) is 12.5. The SMILES string of the molecule is CC(C)c1cccc(NC(C)c2cccc(C#N)c2)c1. The third kappa shape index (κ3) is 3.39. The molecule has 20 heavy (non-hydrogen) atoms. The fraction of sp³-hybridized carbons (Fsp3) is 0.278. The van der Waals surface area contributed by atoms with Crippen molar-refractivity contribution in [1.82, 2.24) is 0 Å². The molecular weight excluding hydrogens is 244 g/mol. The van der Waals surface area contributed by atoms with Crippen molar-refractivity contribution >= 4 is 5.69 Å². The molecule has 2 aromatic rings. The zero-order valence-electron chi connectivity index (χ0n) is 12.2. The maximum absolute atomic E-state index is 8.96. The molecule has 2 nitrogen and oxygen atoms in total. The van der Waals surface area contributed by atoms with Gasteiger partial charge >= 0.3 is 0 Å². The second-order valence-corrected chi connectivity index (χ2v) is 5.38. The van der Waals surface area contributed by atoms with Crippen LogP contribution in [0.1, 0.15) is 49.4 Å². The van der Waals surface area contributed by atoms with Crippen LogP contribution in [0.2, 0.25) is 0 Å². The van der Waals surface area contributed by atoms with E-state index >= 15 is 0 Å². The van der Waals surface area contributed by atoms with Crippen LogP contribution in [0.4, 0.5) is 5.69 Å². The van der Waals surface area contributed by atoms with Gasteiger partial charge in [0.1, 0.15) is 0 Å². The van der Waals surface area contributed by atoms with Crippen molar-refractivity contribution in [3.05, 3.63) is 65.2 Å². The summed E-state index contributed by atoms with van der Waals surface area (Å²) in [5.41, 5.74) is 4.27. The van der Waals surface area contributed by atoms with Gasteiger partial charge in [-0.1, -0.05) is 38.1 Å². The van der Waals surface area contributed by atoms with Gasteiger partial charge in [0.2, 0.25) is 0 Å². The van der Waals surface area contributed by atoms with E-state index in [-0.39, 0.29) is 6.04 Å². The molecule has 0 bridgehead atoms. The van der Waals surface area contributed by atoms with Gasteiger partial charge in [-0.15, -0.1) is 0 Å². The van der Waals surface area contributed by atoms with Gasteiger partial charge in [0.05, 0.1) is 11.6 Å². The largest absolute Gasteiger partial charge is 0.379 e. The second-order valence-electron chi connectivity index (χ2n) is 5.38. The van der Waals surface area contributed by atoms with E-state index in [4.69, 9.17) is 5.26 Å². The van der Waals surface area contributed by atoms with Crippen molar-refractivity contribution in [2.45, 2.75) is 32.7 Å². The van der Waals surface area contributed by atoms with Crippen LogP contribution in [0.3, 0.4) is 0 Å². The van der Waals surface area contributed by atoms with Crippen LogP contribution in [-0.2, 0) is 0 Å². The molecule has 0 aliphatic carbocycles. The molecule has 0 fully saturated rings. The second kappa shape index (κ2) is 6.25. The van der Waals surface area contributed by atoms with Gasteiger partial charge in [-0.05, 0) is 48.2 Å². The molecule has 1 N–H and O–H groups in total. The number of hydrogen-bond donors (Lipinski definition) is 1. The summed E-state index contributed by atoms with van der Waals surface area (Å²) >= 11 is 0. The number of nitrogens with zero attached hydrogens (tertiary/aromatic N) is 1. The lowest BCUT2D eigenvalue weighted by Crippen LogP contribution is -2.07. The molecular formula is C18H20N2. The molecule has 0 spiro atoms. The Morgan fingerprint density at radius 3 is 2.35 bits per heavy atom. The predicted molar refractivity (Wildman–Crippen MR) is 83.7 cm³/mol. The van der Waals surface area contributed by atoms with Gasteiger partial charge in [-0.25, -0.2) is 0 Å². The zero-order valence-corrected chi connectivity index (χ0v) is 12.2. The molecule has 0 aromatic heterocycles. The van der Waals surface area contributed by atoms with E-state index in [1.807, 2.05) is 24.3 Å². The van der Waals surface area contributed by atoms with Gasteiger partial charge in [0.25, 0.3) is 0 Å². The third-order valence-corrected chi connectivity index (χ3v) is 3.45. The van der Waals surface area contributed by atoms with Crippen molar-refractivity contribution in [3.8, 4) is 6.07 Å². The summed E-state index contributed by atoms with van der Waals surface area (Å²) < 4.78 is 0. The lowest BCUT2D eigenvalue weighted by molar-refractivity contribution is 0.858. The van der Waals surface area contributed by atoms with Crippen molar-refractivity contribution < 1.29 is 0 Å². The highest BCUT2D eigenvalue weighted by molar-refractivity contribution is 5.49. The van der Waals surface area contributed by atoms with Gasteiger partial charge in [0, 0.05) is 11.7 Å². The summed E-state index contributed by atoms with van der Waals surface area (Å²) in [7, 11) is 0. The highest BCUT2D eigenvalue weighted by Crippen LogP contribution is 2.23. The molecule has 0 heterocycles. The monoisotopic (exact) mass is 264 g/mol. The van der Waals surface area contributed by atoms with Crippen molar-refractivity contribution in [2.24, 2.45) is 0 Å². The Labute approximate surface area is 121 Å². The van der Waals surface area contributed by atoms with Crippen LogP contribution in [0, 0.1) is 11.3 Å². The van der Waals surface area contributed by atoms with E-state index in [9.17, 15) is 0 Å². The Morgan fingerprint density at radius 1 is 0.950 bits per heavy atom. The van der Waals surface area contributed by atoms with Crippen LogP contribution in [0.15, 0.2) is 48.5 Å². The summed E-state index contributed by atoms with van der Waals surface area (Å²) in [6.45, 7) is 6.50. The van der Waals surface area contributed by atoms with Crippen LogP contribution in [0.5, 0.6) is 0 Å². The number of nitriles is 1. The minimum Gasteiger partial charge on any atom is -0.379 e. The Kier molecular flexibility index (Phi) is 4.42. The van der Waals surface area contributed by atoms with E-state index < -0.39 is 0 Å². The average Bonchev–Trinajstić information content (AvgIpc) is 2.47. The van der Waals surface area contributed by atoms with E-state index in [1.165, 1.54) is 5.56 Å². The molecule has 0 saturated heterocycles. The highest BCUT2D eigenvalue weighted by Gasteiger charge is 2.07. The Morgan fingerprint density at radius 2 is 1.65 bits per heavy atom. The van der Waals surface area contributed by atoms with E-state index in [0.29, 0.717) is 11.5 Å². The smallest absolute Gasteiger partial charge is 0.0991 e. The molecule has 0 aliphatic rings. The average molecular weight is 264 g/mol. The molecule has 0 amide bonds. The fourth-order valence-electron chi connectivity index (χ4n) is 2.20. The molecule has 2 rings (SSSR count). The van der Waals surface area contributed by atoms with E-state index in [0.717, 1.165) is 11.3 Å². The first-order valence-electron chi connectivity index (χ1n) is 6.96. The van der Waals surface area contributed by atoms with Crippen LogP contribution < -0.4 is 5.32 Å². The minimum absolute atomic E-state index is 0.172. The fourth-order valence-corrected chi connectivity index (χ4v) is 2.20. The third-order valence-electron chi connectivity index (χ3n) is 3.45. The maximum Gasteiger partial charge on any atom is 0.0991 e. The molecule has 1 atom stereocenters. The summed E-state index contributed by atoms with van der Waals surface area (Å²) in [4.78, 5) is 0. The highest BCUT2D eigenvalue weighted by atomic mass is 14.9. The predicted octanol–water partition coefficient (Wildman–Crippen LogP) is 4.85. The molecule has 0 saturated carbocycles. The zero-order chi connectivity index (χ0) is 14.5. The molecule has 0 aliphatic heterocycles. The number of nitrogens with one attached hydrogen (secondary N) is 1. The quantitative estimate of drug-likeness (QED) is 0.856. The van der Waals surface area contributed by atoms with Crippen molar-refractivity contribution in [1.29, 1.82) is 5.26 Å². The molecule has 2 aromatic carbocycles. The van der Waals surface area contributed by atoms with Crippen molar-refractivity contribution in [2.75, 3.05) is 5.32 Å². The Bertz CT molecular complexity index is 623. The molecule has 102 valence electrons. The van der Waals surface area contributed by atoms with E-state index in [2.05, 4.69) is 56.4 Å². The Balaban J connectivity index is 2.17. The summed E-state index contributed by atoms with van der Waals surface area (Å²) in [5.74, 6) is 0.522. The standard InChI is InChI=1S/C18H20N2/c1-13(2)16-7-5-9-18(11-16)20-14(3)17-8-4-6-15(10-17)12-19/h4-11,13-14,20H,1-3H3. The maximum atomic E-state index is 8.96. The molecule has 2 heteroatoms. The normalized spacial score (nSPS) is 11.9. The topological polar surface area (TPSA) is 35.8 Å². The first-order chi connectivity index (χ1) is 9.60. The minimum atomic E-state index is 0.172. The van der Waals surface area contributed by atoms with Gasteiger partial charge in [0.15, 0.2) is 0 Å². The molecule has 0 radical (unpaired) electrons. The van der Waals surface area contributed by atoms with Gasteiger partial charge < -0.3 is 5.32 Å². The lowest BCUT2D eigenvalue weighted by Gasteiger charge is -2.17. The number of benzene rings is 2. The first-order valence-corrected chi connectivity index (χ1v) is 6.96. The summed E-state index contributed by atoms with van der Waals surface area (Å²) in [6, 6.07) is 18.6. The number of anilines is 1. The van der Waals surface area contributed by atoms with Gasteiger partial charge in [-0.2, -0.15) is 5.26 Å².